The van der Waals surface area contributed by atoms with Gasteiger partial charge in [-0.1, -0.05) is 0 Å². The largest absolute Gasteiger partial charge is 0.395 e. The van der Waals surface area contributed by atoms with Crippen molar-refractivity contribution < 1.29 is 5.11 Å². The number of rotatable bonds is 2. The Morgan fingerprint density at radius 2 is 2.54 bits per heavy atom. The van der Waals surface area contributed by atoms with Crippen LogP contribution in [0, 0.1) is 14.9 Å². The molecule has 0 spiro atoms. The predicted octanol–water partition coefficient (Wildman–Crippen LogP) is -0.0260. The second-order valence-electron chi connectivity index (χ2n) is 2.30. The predicted molar refractivity (Wildman–Crippen MR) is 53.0 cm³/mol. The van der Waals surface area contributed by atoms with Crippen molar-refractivity contribution in [3.8, 4) is 6.07 Å². The SMILES string of the molecule is N#CC(CO)c1nc[nH]c(=O)c1I. The quantitative estimate of drug-likeness (QED) is 0.749. The van der Waals surface area contributed by atoms with E-state index in [4.69, 9.17) is 10.4 Å². The van der Waals surface area contributed by atoms with Crippen LogP contribution < -0.4 is 5.56 Å². The van der Waals surface area contributed by atoms with Crippen LogP contribution in [-0.4, -0.2) is 21.7 Å². The molecule has 0 aliphatic carbocycles. The first-order valence-electron chi connectivity index (χ1n) is 3.44. The summed E-state index contributed by atoms with van der Waals surface area (Å²) < 4.78 is 0.348. The lowest BCUT2D eigenvalue weighted by Gasteiger charge is -2.04. The Labute approximate surface area is 87.6 Å². The topological polar surface area (TPSA) is 89.8 Å². The molecule has 0 amide bonds. The number of nitrogens with one attached hydrogen (secondary N) is 1. The smallest absolute Gasteiger partial charge is 0.264 e. The Bertz CT molecular complexity index is 395. The fourth-order valence-corrected chi connectivity index (χ4v) is 1.50. The van der Waals surface area contributed by atoms with Gasteiger partial charge >= 0.3 is 0 Å². The Kier molecular flexibility index (Phi) is 3.39. The lowest BCUT2D eigenvalue weighted by molar-refractivity contribution is 0.283. The minimum Gasteiger partial charge on any atom is -0.395 e. The minimum absolute atomic E-state index is 0.292. The molecule has 0 fully saturated rings. The maximum atomic E-state index is 11.1. The van der Waals surface area contributed by atoms with Gasteiger partial charge in [-0.3, -0.25) is 4.79 Å². The van der Waals surface area contributed by atoms with Gasteiger partial charge in [-0.15, -0.1) is 0 Å². The maximum Gasteiger partial charge on any atom is 0.264 e. The number of nitriles is 1. The highest BCUT2D eigenvalue weighted by Gasteiger charge is 2.15. The molecule has 6 heteroatoms. The van der Waals surface area contributed by atoms with E-state index in [1.807, 2.05) is 6.07 Å². The van der Waals surface area contributed by atoms with Crippen molar-refractivity contribution in [2.45, 2.75) is 5.92 Å². The summed E-state index contributed by atoms with van der Waals surface area (Å²) in [6.07, 6.45) is 1.22. The monoisotopic (exact) mass is 291 g/mol. The van der Waals surface area contributed by atoms with Crippen LogP contribution in [0.5, 0.6) is 0 Å². The van der Waals surface area contributed by atoms with Gasteiger partial charge in [0.15, 0.2) is 0 Å². The molecule has 2 N–H and O–H groups in total. The summed E-state index contributed by atoms with van der Waals surface area (Å²) in [5.41, 5.74) is 0.0358. The van der Waals surface area contributed by atoms with E-state index in [2.05, 4.69) is 9.97 Å². The van der Waals surface area contributed by atoms with Crippen LogP contribution in [0.15, 0.2) is 11.1 Å². The Hall–Kier alpha value is -0.940. The molecule has 1 heterocycles. The Morgan fingerprint density at radius 3 is 3.08 bits per heavy atom. The molecule has 68 valence electrons. The summed E-state index contributed by atoms with van der Waals surface area (Å²) in [5, 5.41) is 17.4. The zero-order valence-electron chi connectivity index (χ0n) is 6.49. The number of hydrogen-bond donors (Lipinski definition) is 2. The maximum absolute atomic E-state index is 11.1. The number of aromatic nitrogens is 2. The summed E-state index contributed by atoms with van der Waals surface area (Å²) in [6.45, 7) is -0.330. The third-order valence-electron chi connectivity index (χ3n) is 1.49. The van der Waals surface area contributed by atoms with E-state index in [0.29, 0.717) is 9.26 Å². The van der Waals surface area contributed by atoms with Crippen LogP contribution in [0.1, 0.15) is 11.6 Å². The van der Waals surface area contributed by atoms with E-state index >= 15 is 0 Å². The second-order valence-corrected chi connectivity index (χ2v) is 3.37. The van der Waals surface area contributed by atoms with E-state index in [1.165, 1.54) is 6.33 Å². The zero-order chi connectivity index (χ0) is 9.84. The van der Waals surface area contributed by atoms with Crippen molar-refractivity contribution in [1.29, 1.82) is 5.26 Å². The number of hydrogen-bond acceptors (Lipinski definition) is 4. The standard InChI is InChI=1S/C7H6IN3O2/c8-5-6(4(1-9)2-12)10-3-11-7(5)13/h3-4,12H,2H2,(H,10,11,13). The molecule has 1 atom stereocenters. The number of aliphatic hydroxyl groups is 1. The number of aliphatic hydroxyl groups excluding tert-OH is 1. The molecule has 0 saturated carbocycles. The van der Waals surface area contributed by atoms with Crippen molar-refractivity contribution in [2.75, 3.05) is 6.61 Å². The van der Waals surface area contributed by atoms with Gasteiger partial charge in [0.2, 0.25) is 0 Å². The van der Waals surface area contributed by atoms with Crippen LogP contribution in [0.4, 0.5) is 0 Å². The first kappa shape index (κ1) is 10.1. The van der Waals surface area contributed by atoms with E-state index < -0.39 is 5.92 Å². The molecule has 0 radical (unpaired) electrons. The lowest BCUT2D eigenvalue weighted by atomic mass is 10.1. The highest BCUT2D eigenvalue weighted by Crippen LogP contribution is 2.14. The number of aromatic amines is 1. The fraction of sp³-hybridized carbons (Fsp3) is 0.286. The van der Waals surface area contributed by atoms with Crippen molar-refractivity contribution in [3.05, 3.63) is 25.9 Å². The summed E-state index contributed by atoms with van der Waals surface area (Å²) in [6, 6.07) is 1.87. The first-order valence-corrected chi connectivity index (χ1v) is 4.52. The van der Waals surface area contributed by atoms with Crippen molar-refractivity contribution >= 4 is 22.6 Å². The van der Waals surface area contributed by atoms with E-state index in [0.717, 1.165) is 0 Å². The van der Waals surface area contributed by atoms with Crippen molar-refractivity contribution in [2.24, 2.45) is 0 Å². The summed E-state index contributed by atoms with van der Waals surface area (Å²) in [7, 11) is 0. The van der Waals surface area contributed by atoms with Crippen molar-refractivity contribution in [3.63, 3.8) is 0 Å². The van der Waals surface area contributed by atoms with E-state index in [-0.39, 0.29) is 12.2 Å². The third-order valence-corrected chi connectivity index (χ3v) is 2.53. The number of nitrogens with zero attached hydrogens (tertiary/aromatic N) is 2. The van der Waals surface area contributed by atoms with Crippen LogP contribution in [0.3, 0.4) is 0 Å². The Morgan fingerprint density at radius 1 is 1.85 bits per heavy atom. The highest BCUT2D eigenvalue weighted by atomic mass is 127. The molecule has 0 aliphatic rings. The van der Waals surface area contributed by atoms with Gasteiger partial charge in [0, 0.05) is 0 Å². The van der Waals surface area contributed by atoms with Crippen molar-refractivity contribution in [1.82, 2.24) is 9.97 Å². The van der Waals surface area contributed by atoms with Crippen LogP contribution in [0.25, 0.3) is 0 Å². The molecular formula is C7H6IN3O2. The van der Waals surface area contributed by atoms with Crippen LogP contribution in [0.2, 0.25) is 0 Å². The molecule has 5 nitrogen and oxygen atoms in total. The number of halogens is 1. The lowest BCUT2D eigenvalue weighted by Crippen LogP contribution is -2.17. The van der Waals surface area contributed by atoms with E-state index in [9.17, 15) is 4.79 Å². The van der Waals surface area contributed by atoms with Crippen LogP contribution in [-0.2, 0) is 0 Å². The molecule has 13 heavy (non-hydrogen) atoms. The molecule has 0 saturated heterocycles. The Balaban J connectivity index is 3.23. The molecule has 1 aromatic heterocycles. The van der Waals surface area contributed by atoms with E-state index in [1.54, 1.807) is 22.6 Å². The average molecular weight is 291 g/mol. The van der Waals surface area contributed by atoms with Gasteiger partial charge in [0.05, 0.1) is 24.7 Å². The molecular weight excluding hydrogens is 285 g/mol. The first-order chi connectivity index (χ1) is 6.20. The molecule has 0 aromatic carbocycles. The molecule has 1 unspecified atom stereocenters. The van der Waals surface area contributed by atoms with Gasteiger partial charge in [-0.25, -0.2) is 4.98 Å². The number of H-pyrrole nitrogens is 1. The highest BCUT2D eigenvalue weighted by molar-refractivity contribution is 14.1. The third kappa shape index (κ3) is 2.05. The second kappa shape index (κ2) is 4.34. The molecule has 1 rings (SSSR count). The van der Waals surface area contributed by atoms with Gasteiger partial charge in [0.1, 0.15) is 9.49 Å². The molecule has 0 aliphatic heterocycles. The van der Waals surface area contributed by atoms with Gasteiger partial charge in [0.25, 0.3) is 5.56 Å². The van der Waals surface area contributed by atoms with Gasteiger partial charge < -0.3 is 10.1 Å². The van der Waals surface area contributed by atoms with Gasteiger partial charge in [-0.2, -0.15) is 5.26 Å². The fourth-order valence-electron chi connectivity index (χ4n) is 0.828. The molecule has 1 aromatic rings. The molecule has 0 bridgehead atoms. The summed E-state index contributed by atoms with van der Waals surface area (Å²) in [5.74, 6) is -0.728. The summed E-state index contributed by atoms with van der Waals surface area (Å²) >= 11 is 1.80. The average Bonchev–Trinajstić information content (AvgIpc) is 2.14. The van der Waals surface area contributed by atoms with Crippen LogP contribution >= 0.6 is 22.6 Å². The zero-order valence-corrected chi connectivity index (χ0v) is 8.65. The normalized spacial score (nSPS) is 12.1. The van der Waals surface area contributed by atoms with Gasteiger partial charge in [-0.05, 0) is 22.6 Å². The minimum atomic E-state index is -0.728. The summed E-state index contributed by atoms with van der Waals surface area (Å²) in [4.78, 5) is 17.3.